The second-order valence-corrected chi connectivity index (χ2v) is 8.87. The summed E-state index contributed by atoms with van der Waals surface area (Å²) in [5, 5.41) is 7.42. The maximum absolute atomic E-state index is 13.1. The minimum Gasteiger partial charge on any atom is -0.345 e. The first-order chi connectivity index (χ1) is 11.3. The van der Waals surface area contributed by atoms with Crippen molar-refractivity contribution in [3.8, 4) is 0 Å². The summed E-state index contributed by atoms with van der Waals surface area (Å²) in [5.41, 5.74) is -0.621. The van der Waals surface area contributed by atoms with Gasteiger partial charge in [-0.05, 0) is 12.5 Å². The fraction of sp³-hybridized carbons (Fsp3) is 0.733. The molecule has 8 nitrogen and oxygen atoms in total. The largest absolute Gasteiger partial charge is 0.345 e. The zero-order valence-electron chi connectivity index (χ0n) is 14.2. The second-order valence-electron chi connectivity index (χ2n) is 6.89. The van der Waals surface area contributed by atoms with Crippen molar-refractivity contribution >= 4 is 15.9 Å². The molecule has 0 radical (unpaired) electrons. The molecule has 3 rings (SSSR count). The van der Waals surface area contributed by atoms with Crippen LogP contribution in [-0.4, -0.2) is 79.3 Å². The molecule has 2 saturated heterocycles. The average Bonchev–Trinajstić information content (AvgIpc) is 3.20. The molecular formula is C15H25N5O3S. The van der Waals surface area contributed by atoms with Crippen LogP contribution in [0.25, 0.3) is 0 Å². The van der Waals surface area contributed by atoms with E-state index < -0.39 is 15.4 Å². The van der Waals surface area contributed by atoms with Gasteiger partial charge >= 0.3 is 0 Å². The van der Waals surface area contributed by atoms with Gasteiger partial charge < -0.3 is 10.2 Å². The number of hydrogen-bond acceptors (Lipinski definition) is 5. The van der Waals surface area contributed by atoms with Crippen LogP contribution in [-0.2, 0) is 21.4 Å². The van der Waals surface area contributed by atoms with Crippen LogP contribution >= 0.6 is 0 Å². The molecule has 3 heterocycles. The summed E-state index contributed by atoms with van der Waals surface area (Å²) >= 11 is 0. The molecule has 0 aliphatic carbocycles. The van der Waals surface area contributed by atoms with Gasteiger partial charge in [-0.3, -0.25) is 9.48 Å². The predicted octanol–water partition coefficient (Wildman–Crippen LogP) is -0.787. The van der Waals surface area contributed by atoms with E-state index in [1.165, 1.54) is 10.6 Å². The Hall–Kier alpha value is -1.45. The number of aryl methyl sites for hydroxylation is 1. The van der Waals surface area contributed by atoms with E-state index in [1.807, 2.05) is 16.9 Å². The molecule has 0 aromatic carbocycles. The Balaban J connectivity index is 1.63. The van der Waals surface area contributed by atoms with Crippen molar-refractivity contribution in [2.24, 2.45) is 11.3 Å². The van der Waals surface area contributed by atoms with Gasteiger partial charge in [-0.2, -0.15) is 5.10 Å². The van der Waals surface area contributed by atoms with Crippen LogP contribution in [0.5, 0.6) is 0 Å². The molecule has 0 spiro atoms. The first-order valence-electron chi connectivity index (χ1n) is 8.22. The molecule has 1 aromatic heterocycles. The second kappa shape index (κ2) is 6.45. The number of carbonyl (C=O) groups excluding carboxylic acids is 1. The molecule has 0 unspecified atom stereocenters. The van der Waals surface area contributed by atoms with Crippen LogP contribution in [0.3, 0.4) is 0 Å². The molecule has 134 valence electrons. The minimum atomic E-state index is -3.27. The number of rotatable bonds is 6. The maximum atomic E-state index is 13.1. The molecule has 1 amide bonds. The van der Waals surface area contributed by atoms with Gasteiger partial charge in [0, 0.05) is 64.6 Å². The Kier molecular flexibility index (Phi) is 4.67. The maximum Gasteiger partial charge on any atom is 0.231 e. The predicted molar refractivity (Wildman–Crippen MR) is 89.7 cm³/mol. The van der Waals surface area contributed by atoms with Gasteiger partial charge in [-0.1, -0.05) is 0 Å². The Morgan fingerprint density at radius 1 is 1.50 bits per heavy atom. The lowest BCUT2D eigenvalue weighted by atomic mass is 9.79. The van der Waals surface area contributed by atoms with Gasteiger partial charge in [0.05, 0.1) is 11.7 Å². The van der Waals surface area contributed by atoms with E-state index in [2.05, 4.69) is 10.4 Å². The molecule has 2 fully saturated rings. The van der Waals surface area contributed by atoms with Crippen molar-refractivity contribution < 1.29 is 13.2 Å². The van der Waals surface area contributed by atoms with Crippen molar-refractivity contribution in [1.29, 1.82) is 0 Å². The summed E-state index contributed by atoms with van der Waals surface area (Å²) in [7, 11) is -1.46. The molecular weight excluding hydrogens is 330 g/mol. The number of carbonyl (C=O) groups is 1. The zero-order chi connectivity index (χ0) is 17.4. The van der Waals surface area contributed by atoms with Crippen molar-refractivity contribution in [3.63, 3.8) is 0 Å². The van der Waals surface area contributed by atoms with Gasteiger partial charge in [0.2, 0.25) is 15.9 Å². The number of amides is 1. The molecule has 0 bridgehead atoms. The Morgan fingerprint density at radius 2 is 2.29 bits per heavy atom. The number of fused-ring (bicyclic) bond motifs is 1. The SMILES string of the molecule is CN(CCCn1cccn1)C(=O)[C@@]12CNC[C@@H]1CN(S(C)(=O)=O)C2. The van der Waals surface area contributed by atoms with Gasteiger partial charge in [-0.15, -0.1) is 0 Å². The molecule has 1 aromatic rings. The average molecular weight is 355 g/mol. The zero-order valence-corrected chi connectivity index (χ0v) is 15.0. The quantitative estimate of drug-likeness (QED) is 0.723. The molecule has 9 heteroatoms. The van der Waals surface area contributed by atoms with Crippen LogP contribution in [0.4, 0.5) is 0 Å². The summed E-state index contributed by atoms with van der Waals surface area (Å²) in [5.74, 6) is 0.0948. The monoisotopic (exact) mass is 355 g/mol. The van der Waals surface area contributed by atoms with Crippen molar-refractivity contribution in [3.05, 3.63) is 18.5 Å². The fourth-order valence-electron chi connectivity index (χ4n) is 3.81. The van der Waals surface area contributed by atoms with E-state index >= 15 is 0 Å². The van der Waals surface area contributed by atoms with E-state index in [1.54, 1.807) is 18.1 Å². The number of nitrogens with zero attached hydrogens (tertiary/aromatic N) is 4. The van der Waals surface area contributed by atoms with Crippen LogP contribution in [0.2, 0.25) is 0 Å². The lowest BCUT2D eigenvalue weighted by Gasteiger charge is -2.31. The molecule has 2 atom stereocenters. The third kappa shape index (κ3) is 3.20. The Bertz CT molecular complexity index is 690. The number of sulfonamides is 1. The summed E-state index contributed by atoms with van der Waals surface area (Å²) in [6.45, 7) is 3.34. The Labute approximate surface area is 142 Å². The van der Waals surface area contributed by atoms with Crippen molar-refractivity contribution in [2.45, 2.75) is 13.0 Å². The van der Waals surface area contributed by atoms with Crippen LogP contribution in [0.15, 0.2) is 18.5 Å². The van der Waals surface area contributed by atoms with E-state index in [-0.39, 0.29) is 18.4 Å². The van der Waals surface area contributed by atoms with Crippen molar-refractivity contribution in [1.82, 2.24) is 24.3 Å². The van der Waals surface area contributed by atoms with E-state index in [0.29, 0.717) is 26.2 Å². The van der Waals surface area contributed by atoms with E-state index in [9.17, 15) is 13.2 Å². The highest BCUT2D eigenvalue weighted by Crippen LogP contribution is 2.41. The molecule has 2 aliphatic rings. The van der Waals surface area contributed by atoms with Gasteiger partial charge in [-0.25, -0.2) is 12.7 Å². The van der Waals surface area contributed by atoms with Crippen LogP contribution in [0, 0.1) is 11.3 Å². The summed E-state index contributed by atoms with van der Waals surface area (Å²) < 4.78 is 27.0. The first kappa shape index (κ1) is 17.4. The van der Waals surface area contributed by atoms with Crippen LogP contribution < -0.4 is 5.32 Å². The summed E-state index contributed by atoms with van der Waals surface area (Å²) in [4.78, 5) is 14.8. The number of nitrogens with one attached hydrogen (secondary N) is 1. The van der Waals surface area contributed by atoms with Gasteiger partial charge in [0.15, 0.2) is 0 Å². The smallest absolute Gasteiger partial charge is 0.231 e. The highest BCUT2D eigenvalue weighted by atomic mass is 32.2. The molecule has 24 heavy (non-hydrogen) atoms. The topological polar surface area (TPSA) is 87.5 Å². The molecule has 2 aliphatic heterocycles. The summed E-state index contributed by atoms with van der Waals surface area (Å²) in [6.07, 6.45) is 5.67. The highest BCUT2D eigenvalue weighted by Gasteiger charge is 2.57. The number of aromatic nitrogens is 2. The lowest BCUT2D eigenvalue weighted by molar-refractivity contribution is -0.140. The van der Waals surface area contributed by atoms with E-state index in [4.69, 9.17) is 0 Å². The first-order valence-corrected chi connectivity index (χ1v) is 10.1. The lowest BCUT2D eigenvalue weighted by Crippen LogP contribution is -2.48. The standard InChI is InChI=1S/C15H25N5O3S/c1-18(6-4-8-19-7-3-5-17-19)14(21)15-11-16-9-13(15)10-20(12-15)24(2,22)23/h3,5,7,13,16H,4,6,8-12H2,1-2H3/t13-,15-/m1/s1. The van der Waals surface area contributed by atoms with Crippen molar-refractivity contribution in [2.75, 3.05) is 46.0 Å². The number of hydrogen-bond donors (Lipinski definition) is 1. The molecule has 0 saturated carbocycles. The minimum absolute atomic E-state index is 0.0455. The summed E-state index contributed by atoms with van der Waals surface area (Å²) in [6, 6.07) is 1.88. The van der Waals surface area contributed by atoms with E-state index in [0.717, 1.165) is 13.0 Å². The normalized spacial score (nSPS) is 27.3. The third-order valence-corrected chi connectivity index (χ3v) is 6.39. The van der Waals surface area contributed by atoms with Crippen LogP contribution in [0.1, 0.15) is 6.42 Å². The third-order valence-electron chi connectivity index (χ3n) is 5.18. The molecule has 1 N–H and O–H groups in total. The van der Waals surface area contributed by atoms with Gasteiger partial charge in [0.25, 0.3) is 0 Å². The van der Waals surface area contributed by atoms with Gasteiger partial charge in [0.1, 0.15) is 0 Å². The highest BCUT2D eigenvalue weighted by molar-refractivity contribution is 7.88. The fourth-order valence-corrected chi connectivity index (χ4v) is 4.73. The Morgan fingerprint density at radius 3 is 2.96 bits per heavy atom.